The number of carbonyl (C=O) groups is 1. The highest BCUT2D eigenvalue weighted by atomic mass is 32.1. The van der Waals surface area contributed by atoms with Gasteiger partial charge in [0.05, 0.1) is 0 Å². The van der Waals surface area contributed by atoms with Crippen molar-refractivity contribution in [3.8, 4) is 0 Å². The minimum Gasteiger partial charge on any atom is -0.391 e. The molecule has 0 atom stereocenters. The fourth-order valence-electron chi connectivity index (χ4n) is 1.36. The van der Waals surface area contributed by atoms with Gasteiger partial charge in [-0.2, -0.15) is 0 Å². The van der Waals surface area contributed by atoms with Crippen molar-refractivity contribution < 1.29 is 9.18 Å². The Morgan fingerprint density at radius 3 is 2.76 bits per heavy atom. The van der Waals surface area contributed by atoms with Gasteiger partial charge in [-0.1, -0.05) is 18.3 Å². The molecule has 0 amide bonds. The van der Waals surface area contributed by atoms with Gasteiger partial charge in [0, 0.05) is 23.9 Å². The van der Waals surface area contributed by atoms with Gasteiger partial charge < -0.3 is 11.1 Å². The summed E-state index contributed by atoms with van der Waals surface area (Å²) in [5, 5.41) is 2.91. The molecule has 17 heavy (non-hydrogen) atoms. The number of benzene rings is 1. The molecule has 0 aliphatic carbocycles. The van der Waals surface area contributed by atoms with Gasteiger partial charge in [-0.3, -0.25) is 4.79 Å². The number of aldehydes is 1. The predicted octanol–water partition coefficient (Wildman–Crippen LogP) is 1.61. The van der Waals surface area contributed by atoms with Crippen LogP contribution >= 0.6 is 12.2 Å². The van der Waals surface area contributed by atoms with Crippen molar-refractivity contribution >= 4 is 29.1 Å². The number of halogens is 1. The minimum absolute atomic E-state index is 0.0590. The molecule has 0 bridgehead atoms. The topological polar surface area (TPSA) is 55.1 Å². The average molecular weight is 252 g/mol. The second-order valence-corrected chi connectivity index (χ2v) is 3.77. The van der Waals surface area contributed by atoms with E-state index in [-0.39, 0.29) is 4.99 Å². The smallest absolute Gasteiger partial charge is 0.152 e. The molecule has 3 nitrogen and oxygen atoms in total. The first kappa shape index (κ1) is 13.3. The van der Waals surface area contributed by atoms with Crippen LogP contribution in [-0.2, 0) is 4.79 Å². The van der Waals surface area contributed by atoms with Crippen molar-refractivity contribution in [2.75, 3.05) is 6.54 Å². The Hall–Kier alpha value is -1.75. The second kappa shape index (κ2) is 6.10. The van der Waals surface area contributed by atoms with Crippen LogP contribution in [-0.4, -0.2) is 17.8 Å². The SMILES string of the molecule is CCNC=C(C=O)c1ccc(F)cc1C(N)=S. The first-order valence-electron chi connectivity index (χ1n) is 5.08. The van der Waals surface area contributed by atoms with Gasteiger partial charge in [-0.15, -0.1) is 0 Å². The summed E-state index contributed by atoms with van der Waals surface area (Å²) in [6.45, 7) is 2.58. The third kappa shape index (κ3) is 3.35. The van der Waals surface area contributed by atoms with Crippen molar-refractivity contribution in [3.63, 3.8) is 0 Å². The van der Waals surface area contributed by atoms with Crippen LogP contribution in [0.15, 0.2) is 24.4 Å². The van der Waals surface area contributed by atoms with Gasteiger partial charge in [-0.05, 0) is 24.6 Å². The minimum atomic E-state index is -0.440. The molecule has 0 aromatic heterocycles. The molecule has 1 aromatic rings. The van der Waals surface area contributed by atoms with Crippen molar-refractivity contribution in [1.82, 2.24) is 5.32 Å². The maximum atomic E-state index is 13.1. The zero-order chi connectivity index (χ0) is 12.8. The highest BCUT2D eigenvalue weighted by Crippen LogP contribution is 2.18. The molecule has 0 saturated heterocycles. The molecule has 0 unspecified atom stereocenters. The number of allylic oxidation sites excluding steroid dienone is 1. The van der Waals surface area contributed by atoms with E-state index in [0.29, 0.717) is 29.5 Å². The Morgan fingerprint density at radius 1 is 1.53 bits per heavy atom. The van der Waals surface area contributed by atoms with Crippen molar-refractivity contribution in [2.45, 2.75) is 6.92 Å². The zero-order valence-electron chi connectivity index (χ0n) is 9.37. The maximum absolute atomic E-state index is 13.1. The maximum Gasteiger partial charge on any atom is 0.152 e. The Morgan fingerprint density at radius 2 is 2.24 bits per heavy atom. The van der Waals surface area contributed by atoms with Crippen LogP contribution in [0.4, 0.5) is 4.39 Å². The van der Waals surface area contributed by atoms with Crippen LogP contribution in [0.2, 0.25) is 0 Å². The van der Waals surface area contributed by atoms with Crippen LogP contribution in [0.25, 0.3) is 5.57 Å². The van der Waals surface area contributed by atoms with E-state index in [1.165, 1.54) is 18.2 Å². The summed E-state index contributed by atoms with van der Waals surface area (Å²) in [6, 6.07) is 3.97. The monoisotopic (exact) mass is 252 g/mol. The van der Waals surface area contributed by atoms with Crippen molar-refractivity contribution in [2.24, 2.45) is 5.73 Å². The molecule has 0 radical (unpaired) electrons. The van der Waals surface area contributed by atoms with E-state index in [4.69, 9.17) is 18.0 Å². The molecule has 1 rings (SSSR count). The van der Waals surface area contributed by atoms with E-state index in [0.717, 1.165) is 0 Å². The van der Waals surface area contributed by atoms with Gasteiger partial charge in [-0.25, -0.2) is 4.39 Å². The number of thiocarbonyl (C=S) groups is 1. The molecule has 0 aliphatic rings. The lowest BCUT2D eigenvalue weighted by Crippen LogP contribution is -2.14. The molecule has 0 aliphatic heterocycles. The van der Waals surface area contributed by atoms with Crippen LogP contribution in [0.3, 0.4) is 0 Å². The third-order valence-electron chi connectivity index (χ3n) is 2.15. The lowest BCUT2D eigenvalue weighted by Gasteiger charge is -2.08. The molecule has 3 N–H and O–H groups in total. The standard InChI is InChI=1S/C12H13FN2OS/c1-2-15-6-8(7-16)10-4-3-9(13)5-11(10)12(14)17/h3-7,15H,2H2,1H3,(H2,14,17). The molecule has 0 fully saturated rings. The lowest BCUT2D eigenvalue weighted by atomic mass is 10.0. The van der Waals surface area contributed by atoms with Gasteiger partial charge >= 0.3 is 0 Å². The summed E-state index contributed by atoms with van der Waals surface area (Å²) in [4.78, 5) is 11.0. The average Bonchev–Trinajstić information content (AvgIpc) is 2.31. The van der Waals surface area contributed by atoms with Crippen molar-refractivity contribution in [1.29, 1.82) is 0 Å². The van der Waals surface area contributed by atoms with Gasteiger partial charge in [0.15, 0.2) is 6.29 Å². The third-order valence-corrected chi connectivity index (χ3v) is 2.37. The first-order valence-corrected chi connectivity index (χ1v) is 5.49. The van der Waals surface area contributed by atoms with E-state index >= 15 is 0 Å². The van der Waals surface area contributed by atoms with E-state index in [1.54, 1.807) is 6.20 Å². The number of rotatable bonds is 5. The first-order chi connectivity index (χ1) is 8.10. The fourth-order valence-corrected chi connectivity index (χ4v) is 1.53. The van der Waals surface area contributed by atoms with Gasteiger partial charge in [0.2, 0.25) is 0 Å². The molecule has 0 heterocycles. The summed E-state index contributed by atoms with van der Waals surface area (Å²) in [5.41, 5.74) is 6.77. The number of hydrogen-bond acceptors (Lipinski definition) is 3. The largest absolute Gasteiger partial charge is 0.391 e. The van der Waals surface area contributed by atoms with Crippen molar-refractivity contribution in [3.05, 3.63) is 41.3 Å². The number of carbonyl (C=O) groups excluding carboxylic acids is 1. The van der Waals surface area contributed by atoms with Crippen LogP contribution in [0.5, 0.6) is 0 Å². The van der Waals surface area contributed by atoms with Crippen LogP contribution in [0, 0.1) is 5.82 Å². The Bertz CT molecular complexity index is 472. The molecule has 0 saturated carbocycles. The van der Waals surface area contributed by atoms with E-state index in [9.17, 15) is 9.18 Å². The zero-order valence-corrected chi connectivity index (χ0v) is 10.2. The Kier molecular flexibility index (Phi) is 4.78. The van der Waals surface area contributed by atoms with Gasteiger partial charge in [0.25, 0.3) is 0 Å². The highest BCUT2D eigenvalue weighted by Gasteiger charge is 2.10. The molecule has 1 aromatic carbocycles. The molecule has 0 spiro atoms. The highest BCUT2D eigenvalue weighted by molar-refractivity contribution is 7.80. The summed E-state index contributed by atoms with van der Waals surface area (Å²) in [7, 11) is 0. The Labute approximate surface area is 105 Å². The predicted molar refractivity (Wildman–Crippen MR) is 70.0 cm³/mol. The van der Waals surface area contributed by atoms with Crippen LogP contribution in [0.1, 0.15) is 18.1 Å². The number of nitrogens with one attached hydrogen (secondary N) is 1. The summed E-state index contributed by atoms with van der Waals surface area (Å²) < 4.78 is 13.1. The fraction of sp³-hybridized carbons (Fsp3) is 0.167. The molecular weight excluding hydrogens is 239 g/mol. The molecule has 5 heteroatoms. The van der Waals surface area contributed by atoms with E-state index in [1.807, 2.05) is 6.92 Å². The van der Waals surface area contributed by atoms with E-state index in [2.05, 4.69) is 5.32 Å². The Balaban J connectivity index is 3.28. The molecular formula is C12H13FN2OS. The second-order valence-electron chi connectivity index (χ2n) is 3.33. The van der Waals surface area contributed by atoms with E-state index < -0.39 is 5.82 Å². The summed E-state index contributed by atoms with van der Waals surface area (Å²) in [6.07, 6.45) is 2.24. The number of nitrogens with two attached hydrogens (primary N) is 1. The summed E-state index contributed by atoms with van der Waals surface area (Å²) in [5.74, 6) is -0.440. The summed E-state index contributed by atoms with van der Waals surface area (Å²) >= 11 is 4.84. The van der Waals surface area contributed by atoms with Crippen LogP contribution < -0.4 is 11.1 Å². The number of hydrogen-bond donors (Lipinski definition) is 2. The lowest BCUT2D eigenvalue weighted by molar-refractivity contribution is -0.103. The molecule has 90 valence electrons. The quantitative estimate of drug-likeness (QED) is 0.475. The normalized spacial score (nSPS) is 11.1. The van der Waals surface area contributed by atoms with Gasteiger partial charge in [0.1, 0.15) is 10.8 Å².